The molecule has 3 rings (SSSR count). The number of halogens is 2. The molecule has 10 heteroatoms. The van der Waals surface area contributed by atoms with Crippen LogP contribution in [0, 0.1) is 0 Å². The van der Waals surface area contributed by atoms with Crippen molar-refractivity contribution in [2.75, 3.05) is 25.5 Å². The summed E-state index contributed by atoms with van der Waals surface area (Å²) in [6, 6.07) is 9.91. The molecule has 156 valence electrons. The molecule has 0 bridgehead atoms. The standard InChI is InChI=1S/C19H21Cl2N3O3S2/c1-27-18-7-6-15(29(25,26)24-8-2-3-9-24)11-17(18)23-19(28)22-12-13-4-5-14(20)10-16(13)21/h4-7,10-11H,2-3,8-9,12H2,1H3,(H2,22,23,28). The Hall–Kier alpha value is -1.58. The van der Waals surface area contributed by atoms with Crippen LogP contribution >= 0.6 is 35.4 Å². The van der Waals surface area contributed by atoms with Crippen LogP contribution in [-0.4, -0.2) is 38.0 Å². The van der Waals surface area contributed by atoms with Crippen molar-refractivity contribution < 1.29 is 13.2 Å². The summed E-state index contributed by atoms with van der Waals surface area (Å²) < 4.78 is 32.5. The van der Waals surface area contributed by atoms with Gasteiger partial charge in [0.05, 0.1) is 17.7 Å². The molecule has 1 aliphatic heterocycles. The number of hydrogen-bond donors (Lipinski definition) is 2. The van der Waals surface area contributed by atoms with Crippen molar-refractivity contribution >= 4 is 56.2 Å². The molecule has 1 aliphatic rings. The third-order valence-corrected chi connectivity index (χ3v) is 7.30. The van der Waals surface area contributed by atoms with Crippen molar-refractivity contribution in [3.05, 3.63) is 52.0 Å². The Bertz CT molecular complexity index is 1010. The Balaban J connectivity index is 1.74. The summed E-state index contributed by atoms with van der Waals surface area (Å²) in [5, 5.41) is 7.46. The predicted molar refractivity (Wildman–Crippen MR) is 121 cm³/mol. The molecule has 2 aromatic carbocycles. The molecule has 29 heavy (non-hydrogen) atoms. The van der Waals surface area contributed by atoms with Crippen LogP contribution in [0.1, 0.15) is 18.4 Å². The van der Waals surface area contributed by atoms with Gasteiger partial charge in [0.15, 0.2) is 5.11 Å². The summed E-state index contributed by atoms with van der Waals surface area (Å²) >= 11 is 17.4. The Labute approximate surface area is 186 Å². The molecular weight excluding hydrogens is 453 g/mol. The van der Waals surface area contributed by atoms with Crippen LogP contribution in [0.15, 0.2) is 41.3 Å². The molecule has 1 heterocycles. The van der Waals surface area contributed by atoms with E-state index in [9.17, 15) is 8.42 Å². The first-order valence-corrected chi connectivity index (χ1v) is 11.6. The number of anilines is 1. The first-order valence-electron chi connectivity index (χ1n) is 8.98. The van der Waals surface area contributed by atoms with E-state index in [-0.39, 0.29) is 4.90 Å². The number of rotatable bonds is 6. The second-order valence-corrected chi connectivity index (χ2v) is 9.71. The van der Waals surface area contributed by atoms with Crippen molar-refractivity contribution in [2.45, 2.75) is 24.3 Å². The first-order chi connectivity index (χ1) is 13.8. The first kappa shape index (κ1) is 22.1. The number of ether oxygens (including phenoxy) is 1. The molecule has 6 nitrogen and oxygen atoms in total. The fraction of sp³-hybridized carbons (Fsp3) is 0.316. The fourth-order valence-corrected chi connectivity index (χ4v) is 5.23. The molecule has 0 radical (unpaired) electrons. The Morgan fingerprint density at radius 3 is 2.55 bits per heavy atom. The quantitative estimate of drug-likeness (QED) is 0.610. The molecule has 2 N–H and O–H groups in total. The van der Waals surface area contributed by atoms with E-state index in [2.05, 4.69) is 10.6 Å². The average Bonchev–Trinajstić information content (AvgIpc) is 3.23. The predicted octanol–water partition coefficient (Wildman–Crippen LogP) is 4.27. The van der Waals surface area contributed by atoms with E-state index in [0.717, 1.165) is 18.4 Å². The molecule has 0 aromatic heterocycles. The van der Waals surface area contributed by atoms with Crippen molar-refractivity contribution in [1.82, 2.24) is 9.62 Å². The minimum atomic E-state index is -3.54. The van der Waals surface area contributed by atoms with E-state index in [0.29, 0.717) is 46.2 Å². The van der Waals surface area contributed by atoms with Gasteiger partial charge in [-0.15, -0.1) is 0 Å². The van der Waals surface area contributed by atoms with Crippen LogP contribution in [0.3, 0.4) is 0 Å². The van der Waals surface area contributed by atoms with Crippen LogP contribution in [0.25, 0.3) is 0 Å². The lowest BCUT2D eigenvalue weighted by Crippen LogP contribution is -2.29. The molecule has 1 saturated heterocycles. The van der Waals surface area contributed by atoms with Gasteiger partial charge in [-0.25, -0.2) is 8.42 Å². The Kier molecular flexibility index (Phi) is 7.23. The highest BCUT2D eigenvalue weighted by atomic mass is 35.5. The summed E-state index contributed by atoms with van der Waals surface area (Å²) in [6.45, 7) is 1.47. The zero-order valence-corrected chi connectivity index (χ0v) is 18.9. The number of nitrogens with one attached hydrogen (secondary N) is 2. The van der Waals surface area contributed by atoms with Gasteiger partial charge < -0.3 is 15.4 Å². The Morgan fingerprint density at radius 2 is 1.90 bits per heavy atom. The zero-order chi connectivity index (χ0) is 21.0. The number of benzene rings is 2. The third-order valence-electron chi connectivity index (χ3n) is 4.58. The number of methoxy groups -OCH3 is 1. The minimum absolute atomic E-state index is 0.200. The van der Waals surface area contributed by atoms with Gasteiger partial charge in [0, 0.05) is 29.7 Å². The van der Waals surface area contributed by atoms with Crippen molar-refractivity contribution in [3.8, 4) is 5.75 Å². The molecule has 0 aliphatic carbocycles. The lowest BCUT2D eigenvalue weighted by Gasteiger charge is -2.18. The van der Waals surface area contributed by atoms with Crippen molar-refractivity contribution in [2.24, 2.45) is 0 Å². The minimum Gasteiger partial charge on any atom is -0.495 e. The summed E-state index contributed by atoms with van der Waals surface area (Å²) in [5.74, 6) is 0.485. The topological polar surface area (TPSA) is 70.7 Å². The van der Waals surface area contributed by atoms with Crippen molar-refractivity contribution in [3.63, 3.8) is 0 Å². The maximum Gasteiger partial charge on any atom is 0.243 e. The van der Waals surface area contributed by atoms with E-state index in [4.69, 9.17) is 40.2 Å². The highest BCUT2D eigenvalue weighted by Crippen LogP contribution is 2.30. The summed E-state index contributed by atoms with van der Waals surface area (Å²) in [5.41, 5.74) is 1.30. The van der Waals surface area contributed by atoms with Crippen LogP contribution in [-0.2, 0) is 16.6 Å². The van der Waals surface area contributed by atoms with Crippen molar-refractivity contribution in [1.29, 1.82) is 0 Å². The average molecular weight is 474 g/mol. The van der Waals surface area contributed by atoms with Gasteiger partial charge in [-0.3, -0.25) is 0 Å². The molecule has 0 unspecified atom stereocenters. The van der Waals surface area contributed by atoms with E-state index in [1.165, 1.54) is 17.5 Å². The maximum absolute atomic E-state index is 12.8. The molecule has 0 saturated carbocycles. The molecule has 0 amide bonds. The van der Waals surface area contributed by atoms with Gasteiger partial charge in [0.1, 0.15) is 5.75 Å². The second-order valence-electron chi connectivity index (χ2n) is 6.52. The monoisotopic (exact) mass is 473 g/mol. The second kappa shape index (κ2) is 9.49. The normalized spacial score (nSPS) is 14.6. The molecule has 2 aromatic rings. The van der Waals surface area contributed by atoms with Crippen LogP contribution in [0.4, 0.5) is 5.69 Å². The molecule has 0 spiro atoms. The van der Waals surface area contributed by atoms with E-state index < -0.39 is 10.0 Å². The molecule has 0 atom stereocenters. The van der Waals surface area contributed by atoms with Gasteiger partial charge >= 0.3 is 0 Å². The smallest absolute Gasteiger partial charge is 0.243 e. The lowest BCUT2D eigenvalue weighted by molar-refractivity contribution is 0.416. The highest BCUT2D eigenvalue weighted by Gasteiger charge is 2.28. The van der Waals surface area contributed by atoms with E-state index >= 15 is 0 Å². The zero-order valence-electron chi connectivity index (χ0n) is 15.7. The third kappa shape index (κ3) is 5.32. The number of hydrogen-bond acceptors (Lipinski definition) is 4. The van der Waals surface area contributed by atoms with Gasteiger partial charge in [-0.05, 0) is 61.0 Å². The SMILES string of the molecule is COc1ccc(S(=O)(=O)N2CCCC2)cc1NC(=S)NCc1ccc(Cl)cc1Cl. The summed E-state index contributed by atoms with van der Waals surface area (Å²) in [4.78, 5) is 0.200. The van der Waals surface area contributed by atoms with E-state index in [1.54, 1.807) is 24.3 Å². The van der Waals surface area contributed by atoms with Crippen LogP contribution in [0.2, 0.25) is 10.0 Å². The van der Waals surface area contributed by atoms with Crippen LogP contribution < -0.4 is 15.4 Å². The van der Waals surface area contributed by atoms with Gasteiger partial charge in [-0.2, -0.15) is 4.31 Å². The van der Waals surface area contributed by atoms with Gasteiger partial charge in [0.2, 0.25) is 10.0 Å². The molecular formula is C19H21Cl2N3O3S2. The Morgan fingerprint density at radius 1 is 1.17 bits per heavy atom. The van der Waals surface area contributed by atoms with Gasteiger partial charge in [0.25, 0.3) is 0 Å². The summed E-state index contributed by atoms with van der Waals surface area (Å²) in [7, 11) is -2.03. The largest absolute Gasteiger partial charge is 0.495 e. The number of sulfonamides is 1. The van der Waals surface area contributed by atoms with Gasteiger partial charge in [-0.1, -0.05) is 29.3 Å². The highest BCUT2D eigenvalue weighted by molar-refractivity contribution is 7.89. The fourth-order valence-electron chi connectivity index (χ4n) is 3.03. The van der Waals surface area contributed by atoms with Crippen LogP contribution in [0.5, 0.6) is 5.75 Å². The number of nitrogens with zero attached hydrogens (tertiary/aromatic N) is 1. The summed E-state index contributed by atoms with van der Waals surface area (Å²) in [6.07, 6.45) is 1.75. The van der Waals surface area contributed by atoms with E-state index in [1.807, 2.05) is 6.07 Å². The molecule has 1 fully saturated rings. The number of thiocarbonyl (C=S) groups is 1. The maximum atomic E-state index is 12.8. The lowest BCUT2D eigenvalue weighted by atomic mass is 10.2.